The van der Waals surface area contributed by atoms with Crippen LogP contribution in [0.25, 0.3) is 0 Å². The number of carbonyl (C=O) groups excluding carboxylic acids is 1. The number of hydrogen-bond acceptors (Lipinski definition) is 4. The van der Waals surface area contributed by atoms with E-state index in [2.05, 4.69) is 11.0 Å². The van der Waals surface area contributed by atoms with Crippen molar-refractivity contribution in [3.05, 3.63) is 28.8 Å². The van der Waals surface area contributed by atoms with Crippen LogP contribution < -0.4 is 4.90 Å². The molecule has 0 atom stereocenters. The predicted molar refractivity (Wildman–Crippen MR) is 122 cm³/mol. The van der Waals surface area contributed by atoms with E-state index in [1.165, 1.54) is 12.8 Å². The second-order valence-corrected chi connectivity index (χ2v) is 10.8. The molecule has 1 amide bonds. The lowest BCUT2D eigenvalue weighted by atomic mass is 9.79. The molecular formula is C24H37ClN2O3. The summed E-state index contributed by atoms with van der Waals surface area (Å²) >= 11 is 6.43. The number of piperidine rings is 2. The van der Waals surface area contributed by atoms with Gasteiger partial charge in [0.2, 0.25) is 0 Å². The minimum Gasteiger partial charge on any atom is -0.444 e. The van der Waals surface area contributed by atoms with E-state index >= 15 is 0 Å². The van der Waals surface area contributed by atoms with E-state index in [0.29, 0.717) is 16.9 Å². The van der Waals surface area contributed by atoms with Crippen LogP contribution >= 0.6 is 11.6 Å². The normalized spacial score (nSPS) is 19.8. The Kier molecular flexibility index (Phi) is 6.93. The fraction of sp³-hybridized carbons (Fsp3) is 0.708. The molecule has 5 nitrogen and oxygen atoms in total. The number of nitrogens with zero attached hydrogens (tertiary/aromatic N) is 2. The zero-order valence-corrected chi connectivity index (χ0v) is 19.8. The van der Waals surface area contributed by atoms with Gasteiger partial charge in [-0.15, -0.1) is 0 Å². The van der Waals surface area contributed by atoms with Crippen LogP contribution in [-0.2, 0) is 10.3 Å². The molecule has 1 aromatic carbocycles. The van der Waals surface area contributed by atoms with Crippen LogP contribution in [0.15, 0.2) is 18.2 Å². The van der Waals surface area contributed by atoms with Gasteiger partial charge >= 0.3 is 6.09 Å². The summed E-state index contributed by atoms with van der Waals surface area (Å²) in [5.41, 5.74) is 0.525. The largest absolute Gasteiger partial charge is 0.444 e. The van der Waals surface area contributed by atoms with Gasteiger partial charge in [-0.1, -0.05) is 17.7 Å². The van der Waals surface area contributed by atoms with E-state index in [4.69, 9.17) is 16.3 Å². The molecule has 3 rings (SSSR count). The third-order valence-electron chi connectivity index (χ3n) is 6.37. The number of aliphatic hydroxyl groups is 1. The zero-order chi connectivity index (χ0) is 22.1. The zero-order valence-electron chi connectivity index (χ0n) is 19.1. The highest BCUT2D eigenvalue weighted by Gasteiger charge is 2.32. The molecule has 0 radical (unpaired) electrons. The number of ether oxygens (including phenoxy) is 1. The summed E-state index contributed by atoms with van der Waals surface area (Å²) in [4.78, 5) is 16.5. The van der Waals surface area contributed by atoms with Crippen molar-refractivity contribution in [1.82, 2.24) is 4.90 Å². The Morgan fingerprint density at radius 3 is 2.00 bits per heavy atom. The molecule has 0 saturated carbocycles. The summed E-state index contributed by atoms with van der Waals surface area (Å²) in [7, 11) is 0. The molecule has 0 spiro atoms. The Balaban J connectivity index is 1.50. The topological polar surface area (TPSA) is 53.0 Å². The van der Waals surface area contributed by atoms with Gasteiger partial charge in [0.05, 0.1) is 5.60 Å². The lowest BCUT2D eigenvalue weighted by molar-refractivity contribution is 0.0152. The summed E-state index contributed by atoms with van der Waals surface area (Å²) in [6, 6.07) is 5.99. The molecule has 2 aliphatic rings. The van der Waals surface area contributed by atoms with E-state index in [9.17, 15) is 9.90 Å². The fourth-order valence-corrected chi connectivity index (χ4v) is 5.11. The number of halogens is 1. The maximum Gasteiger partial charge on any atom is 0.410 e. The summed E-state index contributed by atoms with van der Waals surface area (Å²) in [5, 5.41) is 10.8. The highest BCUT2D eigenvalue weighted by Crippen LogP contribution is 2.36. The molecule has 1 aromatic rings. The highest BCUT2D eigenvalue weighted by molar-refractivity contribution is 6.31. The maximum absolute atomic E-state index is 12.3. The van der Waals surface area contributed by atoms with Gasteiger partial charge in [0.15, 0.2) is 0 Å². The Morgan fingerprint density at radius 1 is 1.00 bits per heavy atom. The van der Waals surface area contributed by atoms with Crippen LogP contribution in [0.3, 0.4) is 0 Å². The third-order valence-corrected chi connectivity index (χ3v) is 6.69. The van der Waals surface area contributed by atoms with Crippen molar-refractivity contribution in [2.45, 2.75) is 71.5 Å². The summed E-state index contributed by atoms with van der Waals surface area (Å²) in [6.45, 7) is 12.9. The Morgan fingerprint density at radius 2 is 1.53 bits per heavy atom. The molecule has 30 heavy (non-hydrogen) atoms. The van der Waals surface area contributed by atoms with E-state index in [1.807, 2.05) is 37.8 Å². The standard InChI is InChI=1S/C24H37ClN2O3/c1-23(2,3)30-22(28)27-14-10-18(11-15-27)17-8-12-26(13-9-17)19-6-7-20(21(25)16-19)24(4,5)29/h6-7,16-18,29H,8-15H2,1-5H3. The third kappa shape index (κ3) is 5.82. The number of likely N-dealkylation sites (tertiary alicyclic amines) is 1. The summed E-state index contributed by atoms with van der Waals surface area (Å²) in [5.74, 6) is 1.40. The van der Waals surface area contributed by atoms with Crippen LogP contribution in [0.4, 0.5) is 10.5 Å². The molecule has 1 N–H and O–H groups in total. The van der Waals surface area contributed by atoms with Gasteiger partial charge in [0.25, 0.3) is 0 Å². The lowest BCUT2D eigenvalue weighted by Crippen LogP contribution is -2.44. The van der Waals surface area contributed by atoms with Crippen LogP contribution in [-0.4, -0.2) is 47.9 Å². The number of benzene rings is 1. The van der Waals surface area contributed by atoms with Crippen LogP contribution in [0, 0.1) is 11.8 Å². The summed E-state index contributed by atoms with van der Waals surface area (Å²) < 4.78 is 5.51. The molecule has 2 aliphatic heterocycles. The molecule has 2 saturated heterocycles. The van der Waals surface area contributed by atoms with Crippen molar-refractivity contribution in [1.29, 1.82) is 0 Å². The molecule has 0 aliphatic carbocycles. The van der Waals surface area contributed by atoms with Gasteiger partial charge in [-0.2, -0.15) is 0 Å². The Bertz CT molecular complexity index is 738. The van der Waals surface area contributed by atoms with Crippen LogP contribution in [0.2, 0.25) is 5.02 Å². The minimum atomic E-state index is -0.934. The first-order chi connectivity index (χ1) is 13.9. The highest BCUT2D eigenvalue weighted by atomic mass is 35.5. The van der Waals surface area contributed by atoms with Crippen molar-refractivity contribution in [2.75, 3.05) is 31.1 Å². The predicted octanol–water partition coefficient (Wildman–Crippen LogP) is 5.43. The van der Waals surface area contributed by atoms with Crippen molar-refractivity contribution in [3.8, 4) is 0 Å². The van der Waals surface area contributed by atoms with E-state index in [0.717, 1.165) is 50.3 Å². The number of anilines is 1. The smallest absolute Gasteiger partial charge is 0.410 e. The first kappa shape index (κ1) is 23.2. The van der Waals surface area contributed by atoms with Crippen molar-refractivity contribution in [3.63, 3.8) is 0 Å². The van der Waals surface area contributed by atoms with Gasteiger partial charge in [0.1, 0.15) is 5.60 Å². The summed E-state index contributed by atoms with van der Waals surface area (Å²) in [6.07, 6.45) is 4.29. The average Bonchev–Trinajstić information content (AvgIpc) is 2.66. The SMILES string of the molecule is CC(C)(C)OC(=O)N1CCC(C2CCN(c3ccc(C(C)(C)O)c(Cl)c3)CC2)CC1. The monoisotopic (exact) mass is 436 g/mol. The molecule has 6 heteroatoms. The first-order valence-electron chi connectivity index (χ1n) is 11.2. The molecule has 0 bridgehead atoms. The molecule has 0 unspecified atom stereocenters. The number of hydrogen-bond donors (Lipinski definition) is 1. The molecule has 2 heterocycles. The second-order valence-electron chi connectivity index (χ2n) is 10.4. The van der Waals surface area contributed by atoms with Gasteiger partial charge in [-0.3, -0.25) is 0 Å². The van der Waals surface area contributed by atoms with Crippen LogP contribution in [0.1, 0.15) is 65.9 Å². The van der Waals surface area contributed by atoms with Gasteiger partial charge in [-0.25, -0.2) is 4.79 Å². The number of rotatable bonds is 3. The average molecular weight is 437 g/mol. The van der Waals surface area contributed by atoms with Crippen molar-refractivity contribution < 1.29 is 14.6 Å². The quantitative estimate of drug-likeness (QED) is 0.686. The van der Waals surface area contributed by atoms with E-state index < -0.39 is 11.2 Å². The second kappa shape index (κ2) is 8.96. The van der Waals surface area contributed by atoms with E-state index in [1.54, 1.807) is 13.8 Å². The van der Waals surface area contributed by atoms with Crippen molar-refractivity contribution >= 4 is 23.4 Å². The molecule has 168 valence electrons. The van der Waals surface area contributed by atoms with E-state index in [-0.39, 0.29) is 6.09 Å². The van der Waals surface area contributed by atoms with Gasteiger partial charge < -0.3 is 19.6 Å². The maximum atomic E-state index is 12.3. The fourth-order valence-electron chi connectivity index (χ4n) is 4.71. The number of carbonyl (C=O) groups is 1. The Hall–Kier alpha value is -1.46. The Labute approximate surface area is 186 Å². The number of amides is 1. The van der Waals surface area contributed by atoms with Crippen molar-refractivity contribution in [2.24, 2.45) is 11.8 Å². The first-order valence-corrected chi connectivity index (χ1v) is 11.6. The van der Waals surface area contributed by atoms with Gasteiger partial charge in [-0.05, 0) is 84.3 Å². The molecular weight excluding hydrogens is 400 g/mol. The molecule has 2 fully saturated rings. The molecule has 0 aromatic heterocycles. The minimum absolute atomic E-state index is 0.179. The van der Waals surface area contributed by atoms with Gasteiger partial charge in [0, 0.05) is 42.5 Å². The van der Waals surface area contributed by atoms with Crippen LogP contribution in [0.5, 0.6) is 0 Å². The lowest BCUT2D eigenvalue weighted by Gasteiger charge is -2.41.